The van der Waals surface area contributed by atoms with Crippen LogP contribution in [0.1, 0.15) is 11.1 Å². The smallest absolute Gasteiger partial charge is 0.0490 e. The molecule has 0 heterocycles. The van der Waals surface area contributed by atoms with Gasteiger partial charge in [0, 0.05) is 22.6 Å². The second-order valence-corrected chi connectivity index (χ2v) is 14.6. The Labute approximate surface area is 328 Å². The third-order valence-electron chi connectivity index (χ3n) is 11.3. The first-order valence-electron chi connectivity index (χ1n) is 19.3. The number of rotatable bonds is 7. The standard InChI is InChI=1S/C55H39N/c1-37-18-9-16-31-53(37)56(42-23-7-4-8-24-42)38(2)43-34-35-45(47-27-13-12-26-46(43)47)41-32-33-51-52(36-41)54(40-20-5-3-6-21-40)49-28-14-15-29-50(49)55(51)48-30-17-22-39-19-10-11-25-44(39)48/h3-36H,2H2,1H3. The van der Waals surface area contributed by atoms with Gasteiger partial charge in [-0.1, -0.05) is 189 Å². The SMILES string of the molecule is C=C(c1ccc(-c2ccc3c(-c4cccc5ccccc45)c4ccccc4c(-c4ccccc4)c3c2)c2ccccc12)N(c1ccccc1)c1ccccc1C. The zero-order valence-corrected chi connectivity index (χ0v) is 31.3. The van der Waals surface area contributed by atoms with Gasteiger partial charge in [0.2, 0.25) is 0 Å². The molecule has 0 saturated carbocycles. The van der Waals surface area contributed by atoms with Crippen LogP contribution in [0.3, 0.4) is 0 Å². The van der Waals surface area contributed by atoms with E-state index >= 15 is 0 Å². The first-order chi connectivity index (χ1) is 27.7. The number of hydrogen-bond acceptors (Lipinski definition) is 1. The number of hydrogen-bond donors (Lipinski definition) is 0. The highest BCUT2D eigenvalue weighted by atomic mass is 15.1. The van der Waals surface area contributed by atoms with Gasteiger partial charge in [-0.3, -0.25) is 0 Å². The van der Waals surface area contributed by atoms with E-state index in [1.165, 1.54) is 82.0 Å². The fraction of sp³-hybridized carbons (Fsp3) is 0.0182. The molecule has 0 amide bonds. The second-order valence-electron chi connectivity index (χ2n) is 14.6. The van der Waals surface area contributed by atoms with Crippen molar-refractivity contribution >= 4 is 60.2 Å². The van der Waals surface area contributed by atoms with Crippen LogP contribution in [0.5, 0.6) is 0 Å². The van der Waals surface area contributed by atoms with Crippen molar-refractivity contribution in [2.45, 2.75) is 6.92 Å². The lowest BCUT2D eigenvalue weighted by molar-refractivity contribution is 1.27. The maximum absolute atomic E-state index is 4.77. The van der Waals surface area contributed by atoms with E-state index in [2.05, 4.69) is 218 Å². The van der Waals surface area contributed by atoms with E-state index in [0.717, 1.165) is 22.6 Å². The van der Waals surface area contributed by atoms with Gasteiger partial charge in [-0.25, -0.2) is 0 Å². The minimum atomic E-state index is 0.935. The average molecular weight is 714 g/mol. The third-order valence-corrected chi connectivity index (χ3v) is 11.3. The summed E-state index contributed by atoms with van der Waals surface area (Å²) in [7, 11) is 0. The first kappa shape index (κ1) is 33.4. The molecule has 0 atom stereocenters. The van der Waals surface area contributed by atoms with Crippen molar-refractivity contribution in [1.82, 2.24) is 0 Å². The molecule has 0 aliphatic rings. The Morgan fingerprint density at radius 3 is 1.75 bits per heavy atom. The summed E-state index contributed by atoms with van der Waals surface area (Å²) >= 11 is 0. The normalized spacial score (nSPS) is 11.4. The van der Waals surface area contributed by atoms with Crippen molar-refractivity contribution in [3.63, 3.8) is 0 Å². The van der Waals surface area contributed by atoms with Gasteiger partial charge in [0.1, 0.15) is 0 Å². The number of benzene rings is 10. The predicted molar refractivity (Wildman–Crippen MR) is 242 cm³/mol. The molecular weight excluding hydrogens is 675 g/mol. The molecule has 10 aromatic carbocycles. The van der Waals surface area contributed by atoms with Crippen LogP contribution in [0.15, 0.2) is 213 Å². The van der Waals surface area contributed by atoms with Crippen LogP contribution >= 0.6 is 0 Å². The highest BCUT2D eigenvalue weighted by Gasteiger charge is 2.21. The summed E-state index contributed by atoms with van der Waals surface area (Å²) in [4.78, 5) is 2.29. The summed E-state index contributed by atoms with van der Waals surface area (Å²) in [5.74, 6) is 0. The van der Waals surface area contributed by atoms with Gasteiger partial charge in [0.25, 0.3) is 0 Å². The van der Waals surface area contributed by atoms with Crippen LogP contribution in [-0.2, 0) is 0 Å². The van der Waals surface area contributed by atoms with Crippen molar-refractivity contribution < 1.29 is 0 Å². The molecule has 0 unspecified atom stereocenters. The Morgan fingerprint density at radius 1 is 0.393 bits per heavy atom. The summed E-state index contributed by atoms with van der Waals surface area (Å²) in [5.41, 5.74) is 12.8. The van der Waals surface area contributed by atoms with Gasteiger partial charge in [-0.15, -0.1) is 0 Å². The fourth-order valence-electron chi connectivity index (χ4n) is 8.75. The topological polar surface area (TPSA) is 3.24 Å². The van der Waals surface area contributed by atoms with Crippen molar-refractivity contribution in [2.24, 2.45) is 0 Å². The Morgan fingerprint density at radius 2 is 0.982 bits per heavy atom. The minimum Gasteiger partial charge on any atom is -0.310 e. The monoisotopic (exact) mass is 713 g/mol. The lowest BCUT2D eigenvalue weighted by atomic mass is 9.83. The summed E-state index contributed by atoms with van der Waals surface area (Å²) in [6.07, 6.45) is 0. The molecule has 10 aromatic rings. The number of fused-ring (bicyclic) bond motifs is 4. The van der Waals surface area contributed by atoms with E-state index < -0.39 is 0 Å². The maximum atomic E-state index is 4.77. The minimum absolute atomic E-state index is 0.935. The van der Waals surface area contributed by atoms with E-state index in [4.69, 9.17) is 6.58 Å². The van der Waals surface area contributed by atoms with Crippen molar-refractivity contribution in [3.05, 3.63) is 224 Å². The highest BCUT2D eigenvalue weighted by molar-refractivity contribution is 6.24. The quantitative estimate of drug-likeness (QED) is 0.149. The van der Waals surface area contributed by atoms with Gasteiger partial charge in [-0.2, -0.15) is 0 Å². The van der Waals surface area contributed by atoms with Gasteiger partial charge < -0.3 is 4.90 Å². The maximum Gasteiger partial charge on any atom is 0.0490 e. The molecule has 10 rings (SSSR count). The van der Waals surface area contributed by atoms with Crippen molar-refractivity contribution in [3.8, 4) is 33.4 Å². The zero-order chi connectivity index (χ0) is 37.6. The fourth-order valence-corrected chi connectivity index (χ4v) is 8.75. The average Bonchev–Trinajstić information content (AvgIpc) is 3.26. The second kappa shape index (κ2) is 13.9. The molecule has 1 heteroatoms. The Bertz CT molecular complexity index is 3100. The molecule has 1 nitrogen and oxygen atoms in total. The van der Waals surface area contributed by atoms with Crippen LogP contribution in [-0.4, -0.2) is 0 Å². The molecule has 0 aromatic heterocycles. The van der Waals surface area contributed by atoms with Gasteiger partial charge in [-0.05, 0) is 113 Å². The molecule has 0 fully saturated rings. The molecule has 0 aliphatic heterocycles. The summed E-state index contributed by atoms with van der Waals surface area (Å²) in [6, 6.07) is 74.8. The third kappa shape index (κ3) is 5.56. The number of para-hydroxylation sites is 2. The highest BCUT2D eigenvalue weighted by Crippen LogP contribution is 2.47. The summed E-state index contributed by atoms with van der Waals surface area (Å²) < 4.78 is 0. The summed E-state index contributed by atoms with van der Waals surface area (Å²) in [5, 5.41) is 9.86. The molecular formula is C55H39N. The van der Waals surface area contributed by atoms with Crippen LogP contribution < -0.4 is 4.90 Å². The first-order valence-corrected chi connectivity index (χ1v) is 19.3. The van der Waals surface area contributed by atoms with Crippen LogP contribution in [0.2, 0.25) is 0 Å². The molecule has 264 valence electrons. The Balaban J connectivity index is 1.22. The van der Waals surface area contributed by atoms with E-state index in [1.807, 2.05) is 0 Å². The molecule has 0 aliphatic carbocycles. The van der Waals surface area contributed by atoms with E-state index in [0.29, 0.717) is 0 Å². The zero-order valence-electron chi connectivity index (χ0n) is 31.3. The summed E-state index contributed by atoms with van der Waals surface area (Å²) in [6.45, 7) is 6.94. The molecule has 0 N–H and O–H groups in total. The largest absolute Gasteiger partial charge is 0.310 e. The van der Waals surface area contributed by atoms with Crippen LogP contribution in [0, 0.1) is 6.92 Å². The lowest BCUT2D eigenvalue weighted by Crippen LogP contribution is -2.16. The Kier molecular flexibility index (Phi) is 8.27. The number of aryl methyl sites for hydroxylation is 1. The molecule has 0 spiro atoms. The van der Waals surface area contributed by atoms with Gasteiger partial charge in [0.05, 0.1) is 0 Å². The van der Waals surface area contributed by atoms with E-state index in [9.17, 15) is 0 Å². The van der Waals surface area contributed by atoms with Gasteiger partial charge >= 0.3 is 0 Å². The molecule has 0 bridgehead atoms. The van der Waals surface area contributed by atoms with Crippen molar-refractivity contribution in [2.75, 3.05) is 4.90 Å². The van der Waals surface area contributed by atoms with Crippen LogP contribution in [0.4, 0.5) is 11.4 Å². The van der Waals surface area contributed by atoms with E-state index in [-0.39, 0.29) is 0 Å². The predicted octanol–water partition coefficient (Wildman–Crippen LogP) is 15.4. The Hall–Kier alpha value is -7.22. The number of nitrogens with zero attached hydrogens (tertiary/aromatic N) is 1. The van der Waals surface area contributed by atoms with Gasteiger partial charge in [0.15, 0.2) is 0 Å². The van der Waals surface area contributed by atoms with Crippen LogP contribution in [0.25, 0.3) is 82.2 Å². The molecule has 0 radical (unpaired) electrons. The molecule has 0 saturated heterocycles. The molecule has 56 heavy (non-hydrogen) atoms. The van der Waals surface area contributed by atoms with E-state index in [1.54, 1.807) is 0 Å². The number of anilines is 2. The van der Waals surface area contributed by atoms with Crippen molar-refractivity contribution in [1.29, 1.82) is 0 Å². The lowest BCUT2D eigenvalue weighted by Gasteiger charge is -2.29.